The number of fused-ring (bicyclic) bond motifs is 1. The van der Waals surface area contributed by atoms with Crippen molar-refractivity contribution in [1.29, 1.82) is 0 Å². The van der Waals surface area contributed by atoms with E-state index >= 15 is 0 Å². The number of likely N-dealkylation sites (tertiary alicyclic amines) is 1. The molecule has 0 bridgehead atoms. The minimum Gasteiger partial charge on any atom is -0.392 e. The molecule has 1 atom stereocenters. The maximum atomic E-state index is 12.7. The summed E-state index contributed by atoms with van der Waals surface area (Å²) in [7, 11) is 0. The predicted octanol–water partition coefficient (Wildman–Crippen LogP) is 2.80. The minimum atomic E-state index is 0.0833. The van der Waals surface area contributed by atoms with E-state index in [1.807, 2.05) is 17.0 Å². The molecule has 1 aliphatic heterocycles. The summed E-state index contributed by atoms with van der Waals surface area (Å²) in [6, 6.07) is 8.14. The van der Waals surface area contributed by atoms with Crippen LogP contribution in [0.3, 0.4) is 0 Å². The van der Waals surface area contributed by atoms with Crippen LogP contribution in [0.4, 0.5) is 0 Å². The molecule has 0 radical (unpaired) electrons. The largest absolute Gasteiger partial charge is 0.392 e. The number of aryl methyl sites for hydroxylation is 2. The molecule has 0 saturated carbocycles. The van der Waals surface area contributed by atoms with Gasteiger partial charge in [-0.15, -0.1) is 0 Å². The Kier molecular flexibility index (Phi) is 5.58. The number of benzene rings is 1. The quantitative estimate of drug-likeness (QED) is 0.825. The molecule has 5 heteroatoms. The number of carbonyl (C=O) groups is 1. The van der Waals surface area contributed by atoms with Gasteiger partial charge in [-0.05, 0) is 61.1 Å². The normalized spacial score (nSPS) is 19.3. The molecule has 27 heavy (non-hydrogen) atoms. The number of amides is 1. The van der Waals surface area contributed by atoms with Crippen LogP contribution in [0.1, 0.15) is 53.8 Å². The summed E-state index contributed by atoms with van der Waals surface area (Å²) in [5.74, 6) is 0.773. The SMILES string of the molecule is O=C(CCc1n[nH]c2c1CCCC2)N1CC[C@H](Cc2cccc(CO)c2)C1. The van der Waals surface area contributed by atoms with E-state index < -0.39 is 0 Å². The fourth-order valence-electron chi connectivity index (χ4n) is 4.55. The van der Waals surface area contributed by atoms with Crippen LogP contribution in [-0.2, 0) is 37.1 Å². The lowest BCUT2D eigenvalue weighted by Gasteiger charge is -2.17. The van der Waals surface area contributed by atoms with Gasteiger partial charge in [0.05, 0.1) is 12.3 Å². The molecular weight excluding hydrogens is 338 g/mol. The molecule has 1 aromatic carbocycles. The van der Waals surface area contributed by atoms with Crippen molar-refractivity contribution < 1.29 is 9.90 Å². The number of aliphatic hydroxyl groups excluding tert-OH is 1. The number of aromatic nitrogens is 2. The Morgan fingerprint density at radius 3 is 3.00 bits per heavy atom. The van der Waals surface area contributed by atoms with E-state index in [0.29, 0.717) is 12.3 Å². The van der Waals surface area contributed by atoms with Gasteiger partial charge in [0, 0.05) is 31.6 Å². The lowest BCUT2D eigenvalue weighted by molar-refractivity contribution is -0.130. The molecule has 1 fully saturated rings. The van der Waals surface area contributed by atoms with E-state index in [9.17, 15) is 9.90 Å². The monoisotopic (exact) mass is 367 g/mol. The van der Waals surface area contributed by atoms with Crippen molar-refractivity contribution in [2.24, 2.45) is 5.92 Å². The molecule has 0 spiro atoms. The van der Waals surface area contributed by atoms with Crippen molar-refractivity contribution in [2.75, 3.05) is 13.1 Å². The Bertz CT molecular complexity index is 799. The maximum absolute atomic E-state index is 12.7. The van der Waals surface area contributed by atoms with Crippen LogP contribution in [0.15, 0.2) is 24.3 Å². The van der Waals surface area contributed by atoms with Crippen LogP contribution in [-0.4, -0.2) is 39.2 Å². The topological polar surface area (TPSA) is 69.2 Å². The zero-order chi connectivity index (χ0) is 18.6. The standard InChI is InChI=1S/C22H29N3O2/c26-15-18-5-3-4-16(13-18)12-17-10-11-25(14-17)22(27)9-8-21-19-6-1-2-7-20(19)23-24-21/h3-5,13,17,26H,1-2,6-12,14-15H2,(H,23,24)/t17-/m1/s1. The van der Waals surface area contributed by atoms with Crippen LogP contribution >= 0.6 is 0 Å². The first-order valence-electron chi connectivity index (χ1n) is 10.2. The summed E-state index contributed by atoms with van der Waals surface area (Å²) in [6.07, 6.45) is 8.03. The molecular formula is C22H29N3O2. The molecule has 1 saturated heterocycles. The lowest BCUT2D eigenvalue weighted by atomic mass is 9.94. The fraction of sp³-hybridized carbons (Fsp3) is 0.545. The Morgan fingerprint density at radius 2 is 2.11 bits per heavy atom. The zero-order valence-corrected chi connectivity index (χ0v) is 15.9. The van der Waals surface area contributed by atoms with Crippen LogP contribution < -0.4 is 0 Å². The van der Waals surface area contributed by atoms with Crippen LogP contribution in [0.25, 0.3) is 0 Å². The molecule has 2 aromatic rings. The van der Waals surface area contributed by atoms with Crippen molar-refractivity contribution in [1.82, 2.24) is 15.1 Å². The second-order valence-corrected chi connectivity index (χ2v) is 8.01. The predicted molar refractivity (Wildman–Crippen MR) is 104 cm³/mol. The highest BCUT2D eigenvalue weighted by molar-refractivity contribution is 5.76. The molecule has 1 aliphatic carbocycles. The van der Waals surface area contributed by atoms with Crippen molar-refractivity contribution in [3.05, 3.63) is 52.3 Å². The van der Waals surface area contributed by atoms with E-state index in [4.69, 9.17) is 0 Å². The first kappa shape index (κ1) is 18.2. The molecule has 0 unspecified atom stereocenters. The number of aromatic amines is 1. The van der Waals surface area contributed by atoms with Gasteiger partial charge < -0.3 is 10.0 Å². The van der Waals surface area contributed by atoms with E-state index in [0.717, 1.165) is 56.5 Å². The smallest absolute Gasteiger partial charge is 0.222 e. The van der Waals surface area contributed by atoms with E-state index in [2.05, 4.69) is 22.3 Å². The van der Waals surface area contributed by atoms with Gasteiger partial charge in [-0.2, -0.15) is 5.10 Å². The number of nitrogens with zero attached hydrogens (tertiary/aromatic N) is 2. The van der Waals surface area contributed by atoms with Gasteiger partial charge in [-0.1, -0.05) is 24.3 Å². The second kappa shape index (κ2) is 8.26. The van der Waals surface area contributed by atoms with Gasteiger partial charge in [-0.3, -0.25) is 9.89 Å². The van der Waals surface area contributed by atoms with E-state index in [1.54, 1.807) is 0 Å². The maximum Gasteiger partial charge on any atom is 0.222 e. The summed E-state index contributed by atoms with van der Waals surface area (Å²) in [5, 5.41) is 16.9. The summed E-state index contributed by atoms with van der Waals surface area (Å²) >= 11 is 0. The molecule has 144 valence electrons. The number of H-pyrrole nitrogens is 1. The first-order valence-corrected chi connectivity index (χ1v) is 10.2. The Balaban J connectivity index is 1.28. The summed E-state index contributed by atoms with van der Waals surface area (Å²) in [6.45, 7) is 1.79. The zero-order valence-electron chi connectivity index (χ0n) is 15.9. The number of hydrogen-bond acceptors (Lipinski definition) is 3. The summed E-state index contributed by atoms with van der Waals surface area (Å²) in [5.41, 5.74) is 5.98. The van der Waals surface area contributed by atoms with Gasteiger partial charge in [0.25, 0.3) is 0 Å². The van der Waals surface area contributed by atoms with E-state index in [1.165, 1.54) is 29.7 Å². The minimum absolute atomic E-state index is 0.0833. The van der Waals surface area contributed by atoms with Gasteiger partial charge in [0.1, 0.15) is 0 Å². The van der Waals surface area contributed by atoms with Crippen molar-refractivity contribution in [3.8, 4) is 0 Å². The molecule has 2 heterocycles. The van der Waals surface area contributed by atoms with Gasteiger partial charge in [0.15, 0.2) is 0 Å². The average molecular weight is 367 g/mol. The Morgan fingerprint density at radius 1 is 1.26 bits per heavy atom. The number of carbonyl (C=O) groups excluding carboxylic acids is 1. The third kappa shape index (κ3) is 4.24. The van der Waals surface area contributed by atoms with Crippen molar-refractivity contribution in [2.45, 2.75) is 58.0 Å². The van der Waals surface area contributed by atoms with Crippen molar-refractivity contribution >= 4 is 5.91 Å². The van der Waals surface area contributed by atoms with Crippen LogP contribution in [0.2, 0.25) is 0 Å². The molecule has 5 nitrogen and oxygen atoms in total. The number of nitrogens with one attached hydrogen (secondary N) is 1. The van der Waals surface area contributed by atoms with E-state index in [-0.39, 0.29) is 12.5 Å². The number of aliphatic hydroxyl groups is 1. The third-order valence-corrected chi connectivity index (χ3v) is 6.05. The summed E-state index contributed by atoms with van der Waals surface area (Å²) < 4.78 is 0. The van der Waals surface area contributed by atoms with Gasteiger partial charge >= 0.3 is 0 Å². The molecule has 2 N–H and O–H groups in total. The average Bonchev–Trinajstić information content (AvgIpc) is 3.33. The molecule has 4 rings (SSSR count). The fourth-order valence-corrected chi connectivity index (χ4v) is 4.55. The Hall–Kier alpha value is -2.14. The third-order valence-electron chi connectivity index (χ3n) is 6.05. The molecule has 1 amide bonds. The van der Waals surface area contributed by atoms with Crippen molar-refractivity contribution in [3.63, 3.8) is 0 Å². The van der Waals surface area contributed by atoms with Gasteiger partial charge in [0.2, 0.25) is 5.91 Å². The second-order valence-electron chi connectivity index (χ2n) is 8.01. The lowest BCUT2D eigenvalue weighted by Crippen LogP contribution is -2.29. The molecule has 1 aromatic heterocycles. The molecule has 2 aliphatic rings. The highest BCUT2D eigenvalue weighted by Crippen LogP contribution is 2.25. The first-order chi connectivity index (χ1) is 13.2. The van der Waals surface area contributed by atoms with Gasteiger partial charge in [-0.25, -0.2) is 0 Å². The van der Waals surface area contributed by atoms with Crippen LogP contribution in [0, 0.1) is 5.92 Å². The number of hydrogen-bond donors (Lipinski definition) is 2. The highest BCUT2D eigenvalue weighted by atomic mass is 16.3. The number of rotatable bonds is 6. The Labute approximate surface area is 160 Å². The summed E-state index contributed by atoms with van der Waals surface area (Å²) in [4.78, 5) is 14.7. The van der Waals surface area contributed by atoms with Crippen LogP contribution in [0.5, 0.6) is 0 Å². The highest BCUT2D eigenvalue weighted by Gasteiger charge is 2.26.